The third kappa shape index (κ3) is 6.22. The molecule has 40 heavy (non-hydrogen) atoms. The molecular formula is C33H47N3O4. The highest BCUT2D eigenvalue weighted by molar-refractivity contribution is 5.76. The zero-order valence-corrected chi connectivity index (χ0v) is 25.0. The molecule has 3 aliphatic rings. The van der Waals surface area contributed by atoms with E-state index in [0.29, 0.717) is 6.61 Å². The number of rotatable bonds is 10. The van der Waals surface area contributed by atoms with E-state index in [9.17, 15) is 9.90 Å². The van der Waals surface area contributed by atoms with Gasteiger partial charge < -0.3 is 19.9 Å². The van der Waals surface area contributed by atoms with Crippen molar-refractivity contribution in [1.29, 1.82) is 0 Å². The van der Waals surface area contributed by atoms with Crippen LogP contribution in [-0.4, -0.2) is 59.9 Å². The predicted octanol–water partition coefficient (Wildman–Crippen LogP) is 6.04. The van der Waals surface area contributed by atoms with Crippen LogP contribution in [0.5, 0.6) is 0 Å². The van der Waals surface area contributed by atoms with E-state index in [-0.39, 0.29) is 23.7 Å². The van der Waals surface area contributed by atoms with Crippen molar-refractivity contribution in [3.8, 4) is 0 Å². The first-order valence-corrected chi connectivity index (χ1v) is 15.2. The average Bonchev–Trinajstić information content (AvgIpc) is 3.22. The molecule has 7 nitrogen and oxygen atoms in total. The van der Waals surface area contributed by atoms with Crippen LogP contribution >= 0.6 is 0 Å². The standard InChI is InChI=1S/C33H47N3O4/c1-21-17-24-13-16-39-22(2)29(24)27(18-21)30(32(37)38)36(5)26-19-28(33(3,4)20-26)40-15-7-6-10-25-12-11-23-9-8-14-34-31(23)35-25/h11-12,17-18,22,26,28,30H,6-10,13-16,19-20H2,1-5H3,(H,34,35)(H,37,38)/t22-,26-,28-,30-/m0/s1. The fourth-order valence-corrected chi connectivity index (χ4v) is 7.13. The number of carboxylic acids is 1. The lowest BCUT2D eigenvalue weighted by Crippen LogP contribution is -2.39. The van der Waals surface area contributed by atoms with Crippen molar-refractivity contribution < 1.29 is 19.4 Å². The Balaban J connectivity index is 1.19. The maximum atomic E-state index is 12.8. The SMILES string of the molecule is Cc1cc2c(c([C@@H](C(=O)O)N(C)[C@H]3C[C@H](OCCCCc4ccc5c(n4)NCCC5)C(C)(C)C3)c1)[C@H](C)OCC2. The number of likely N-dealkylation sites (N-methyl/N-ethyl adjacent to an activating group) is 1. The van der Waals surface area contributed by atoms with E-state index in [0.717, 1.165) is 86.3 Å². The van der Waals surface area contributed by atoms with Crippen LogP contribution in [0, 0.1) is 12.3 Å². The van der Waals surface area contributed by atoms with Gasteiger partial charge in [-0.2, -0.15) is 0 Å². The third-order valence-electron chi connectivity index (χ3n) is 9.32. The van der Waals surface area contributed by atoms with Crippen molar-refractivity contribution in [3.63, 3.8) is 0 Å². The molecule has 1 aromatic carbocycles. The van der Waals surface area contributed by atoms with Gasteiger partial charge in [0.05, 0.1) is 18.8 Å². The van der Waals surface area contributed by atoms with Gasteiger partial charge in [0.25, 0.3) is 0 Å². The van der Waals surface area contributed by atoms with Gasteiger partial charge in [0.1, 0.15) is 11.9 Å². The van der Waals surface area contributed by atoms with Gasteiger partial charge in [0.15, 0.2) is 0 Å². The number of pyridine rings is 1. The zero-order valence-electron chi connectivity index (χ0n) is 25.0. The van der Waals surface area contributed by atoms with Crippen LogP contribution in [0.3, 0.4) is 0 Å². The van der Waals surface area contributed by atoms with E-state index >= 15 is 0 Å². The monoisotopic (exact) mass is 549 g/mol. The Kier molecular flexibility index (Phi) is 8.83. The number of anilines is 1. The molecule has 2 N–H and O–H groups in total. The molecule has 0 spiro atoms. The van der Waals surface area contributed by atoms with E-state index in [1.807, 2.05) is 14.0 Å². The minimum atomic E-state index is -0.804. The van der Waals surface area contributed by atoms with Gasteiger partial charge in [0, 0.05) is 24.9 Å². The number of aliphatic carboxylic acids is 1. The number of aromatic nitrogens is 1. The summed E-state index contributed by atoms with van der Waals surface area (Å²) in [4.78, 5) is 19.7. The maximum absolute atomic E-state index is 12.8. The quantitative estimate of drug-likeness (QED) is 0.350. The Morgan fingerprint density at radius 2 is 2.08 bits per heavy atom. The molecule has 1 aromatic heterocycles. The summed E-state index contributed by atoms with van der Waals surface area (Å²) in [6.07, 6.45) is 7.87. The molecule has 218 valence electrons. The lowest BCUT2D eigenvalue weighted by molar-refractivity contribution is -0.144. The molecule has 2 aliphatic heterocycles. The first kappa shape index (κ1) is 29.0. The smallest absolute Gasteiger partial charge is 0.325 e. The van der Waals surface area contributed by atoms with E-state index in [2.05, 4.69) is 55.3 Å². The second-order valence-corrected chi connectivity index (χ2v) is 12.8. The van der Waals surface area contributed by atoms with E-state index < -0.39 is 12.0 Å². The minimum Gasteiger partial charge on any atom is -0.480 e. The molecule has 0 radical (unpaired) electrons. The number of ether oxygens (including phenoxy) is 2. The van der Waals surface area contributed by atoms with E-state index in [1.54, 1.807) is 0 Å². The van der Waals surface area contributed by atoms with Crippen molar-refractivity contribution in [3.05, 3.63) is 57.8 Å². The van der Waals surface area contributed by atoms with Crippen molar-refractivity contribution in [2.45, 2.75) is 103 Å². The molecule has 0 saturated heterocycles. The van der Waals surface area contributed by atoms with Crippen LogP contribution in [0.2, 0.25) is 0 Å². The molecule has 5 rings (SSSR count). The van der Waals surface area contributed by atoms with Crippen LogP contribution in [0.25, 0.3) is 0 Å². The summed E-state index contributed by atoms with van der Waals surface area (Å²) in [5.41, 5.74) is 6.73. The zero-order chi connectivity index (χ0) is 28.4. The number of hydrogen-bond donors (Lipinski definition) is 2. The number of nitrogens with zero attached hydrogens (tertiary/aromatic N) is 2. The van der Waals surface area contributed by atoms with Crippen molar-refractivity contribution >= 4 is 11.8 Å². The molecule has 4 atom stereocenters. The van der Waals surface area contributed by atoms with Gasteiger partial charge in [-0.25, -0.2) is 4.98 Å². The Morgan fingerprint density at radius 3 is 2.88 bits per heavy atom. The number of benzene rings is 1. The average molecular weight is 550 g/mol. The normalized spacial score (nSPS) is 24.3. The van der Waals surface area contributed by atoms with Crippen molar-refractivity contribution in [2.75, 3.05) is 32.1 Å². The molecule has 3 heterocycles. The number of nitrogens with one attached hydrogen (secondary N) is 1. The number of hydrogen-bond acceptors (Lipinski definition) is 6. The van der Waals surface area contributed by atoms with Gasteiger partial charge >= 0.3 is 5.97 Å². The summed E-state index contributed by atoms with van der Waals surface area (Å²) < 4.78 is 12.4. The van der Waals surface area contributed by atoms with Gasteiger partial charge in [-0.1, -0.05) is 37.6 Å². The Hall–Kier alpha value is -2.48. The molecule has 0 unspecified atom stereocenters. The van der Waals surface area contributed by atoms with Crippen molar-refractivity contribution in [1.82, 2.24) is 9.88 Å². The molecule has 0 bridgehead atoms. The third-order valence-corrected chi connectivity index (χ3v) is 9.32. The number of carbonyl (C=O) groups is 1. The van der Waals surface area contributed by atoms with E-state index in [1.165, 1.54) is 17.5 Å². The highest BCUT2D eigenvalue weighted by atomic mass is 16.5. The second-order valence-electron chi connectivity index (χ2n) is 12.8. The maximum Gasteiger partial charge on any atom is 0.325 e. The lowest BCUT2D eigenvalue weighted by atomic mass is 9.86. The fourth-order valence-electron chi connectivity index (χ4n) is 7.13. The summed E-state index contributed by atoms with van der Waals surface area (Å²) in [5.74, 6) is 0.261. The molecule has 2 aromatic rings. The molecule has 0 amide bonds. The van der Waals surface area contributed by atoms with Crippen molar-refractivity contribution in [2.24, 2.45) is 5.41 Å². The van der Waals surface area contributed by atoms with Crippen LogP contribution in [0.1, 0.15) is 98.5 Å². The highest BCUT2D eigenvalue weighted by Gasteiger charge is 2.45. The Morgan fingerprint density at radius 1 is 1.25 bits per heavy atom. The largest absolute Gasteiger partial charge is 0.480 e. The summed E-state index contributed by atoms with van der Waals surface area (Å²) >= 11 is 0. The van der Waals surface area contributed by atoms with Crippen LogP contribution in [0.4, 0.5) is 5.82 Å². The molecular weight excluding hydrogens is 502 g/mol. The molecule has 1 fully saturated rings. The molecule has 7 heteroatoms. The Bertz CT molecular complexity index is 1210. The number of carboxylic acid groups (broad SMARTS) is 1. The topological polar surface area (TPSA) is 83.9 Å². The number of unbranched alkanes of at least 4 members (excludes halogenated alkanes) is 1. The number of fused-ring (bicyclic) bond motifs is 2. The summed E-state index contributed by atoms with van der Waals surface area (Å²) in [5, 5.41) is 13.9. The molecule has 1 aliphatic carbocycles. The first-order chi connectivity index (χ1) is 19.1. The number of aryl methyl sites for hydroxylation is 3. The fraction of sp³-hybridized carbons (Fsp3) is 0.636. The lowest BCUT2D eigenvalue weighted by Gasteiger charge is -2.35. The predicted molar refractivity (Wildman–Crippen MR) is 158 cm³/mol. The summed E-state index contributed by atoms with van der Waals surface area (Å²) in [7, 11) is 1.98. The van der Waals surface area contributed by atoms with Gasteiger partial charge in [0.2, 0.25) is 0 Å². The van der Waals surface area contributed by atoms with Gasteiger partial charge in [-0.05, 0) is 106 Å². The van der Waals surface area contributed by atoms with Crippen LogP contribution in [-0.2, 0) is 33.5 Å². The van der Waals surface area contributed by atoms with Gasteiger partial charge in [-0.15, -0.1) is 0 Å². The first-order valence-electron chi connectivity index (χ1n) is 15.2. The minimum absolute atomic E-state index is 0.0177. The van der Waals surface area contributed by atoms with Crippen LogP contribution in [0.15, 0.2) is 24.3 Å². The second kappa shape index (κ2) is 12.2. The van der Waals surface area contributed by atoms with Crippen LogP contribution < -0.4 is 5.32 Å². The highest BCUT2D eigenvalue weighted by Crippen LogP contribution is 2.45. The van der Waals surface area contributed by atoms with Gasteiger partial charge in [-0.3, -0.25) is 9.69 Å². The molecule has 1 saturated carbocycles. The Labute approximate surface area is 239 Å². The summed E-state index contributed by atoms with van der Waals surface area (Å²) in [6, 6.07) is 8.06. The summed E-state index contributed by atoms with van der Waals surface area (Å²) in [6.45, 7) is 11.0. The van der Waals surface area contributed by atoms with E-state index in [4.69, 9.17) is 14.5 Å².